The van der Waals surface area contributed by atoms with Crippen molar-refractivity contribution in [3.8, 4) is 0 Å². The Morgan fingerprint density at radius 3 is 3.00 bits per heavy atom. The van der Waals surface area contributed by atoms with Gasteiger partial charge in [0.1, 0.15) is 0 Å². The van der Waals surface area contributed by atoms with Crippen molar-refractivity contribution in [3.63, 3.8) is 0 Å². The van der Waals surface area contributed by atoms with Gasteiger partial charge in [-0.05, 0) is 30.7 Å². The van der Waals surface area contributed by atoms with Crippen molar-refractivity contribution in [2.75, 3.05) is 13.7 Å². The number of ether oxygens (including phenoxy) is 1. The first-order valence-corrected chi connectivity index (χ1v) is 7.41. The lowest BCUT2D eigenvalue weighted by molar-refractivity contribution is 0.0600. The number of aromatic nitrogens is 3. The zero-order valence-corrected chi connectivity index (χ0v) is 13.3. The summed E-state index contributed by atoms with van der Waals surface area (Å²) >= 11 is 3.48. The van der Waals surface area contributed by atoms with Crippen LogP contribution in [-0.4, -0.2) is 34.6 Å². The highest BCUT2D eigenvalue weighted by atomic mass is 79.9. The maximum Gasteiger partial charge on any atom is 0.337 e. The molecule has 0 fully saturated rings. The lowest BCUT2D eigenvalue weighted by Crippen LogP contribution is -2.17. The van der Waals surface area contributed by atoms with E-state index in [1.54, 1.807) is 18.3 Å². The fraction of sp³-hybridized carbons (Fsp3) is 0.357. The Morgan fingerprint density at radius 1 is 1.48 bits per heavy atom. The summed E-state index contributed by atoms with van der Waals surface area (Å²) in [6.45, 7) is 2.46. The molecule has 21 heavy (non-hydrogen) atoms. The van der Waals surface area contributed by atoms with E-state index < -0.39 is 0 Å². The summed E-state index contributed by atoms with van der Waals surface area (Å²) in [5, 5.41) is 11.0. The fourth-order valence-electron chi connectivity index (χ4n) is 1.88. The number of rotatable bonds is 7. The van der Waals surface area contributed by atoms with Crippen LogP contribution in [0.4, 0.5) is 0 Å². The molecular formula is C14H17BrN4O2. The standard InChI is InChI=1S/C14H17BrN4O2/c1-21-14(20)11-3-4-12(13(15)9-11)10-16-5-2-7-19-8-6-17-18-19/h3-4,6,8-9,16H,2,5,7,10H2,1H3. The predicted octanol–water partition coefficient (Wildman–Crippen LogP) is 2.01. The number of halogens is 1. The number of nitrogens with one attached hydrogen (secondary N) is 1. The number of aryl methyl sites for hydroxylation is 1. The Balaban J connectivity index is 1.76. The van der Waals surface area contributed by atoms with Gasteiger partial charge in [-0.2, -0.15) is 0 Å². The van der Waals surface area contributed by atoms with Gasteiger partial charge in [0.25, 0.3) is 0 Å². The molecule has 0 aliphatic heterocycles. The SMILES string of the molecule is COC(=O)c1ccc(CNCCCn2ccnn2)c(Br)c1. The first kappa shape index (κ1) is 15.7. The summed E-state index contributed by atoms with van der Waals surface area (Å²) in [7, 11) is 1.38. The second kappa shape index (κ2) is 7.90. The van der Waals surface area contributed by atoms with Gasteiger partial charge in [-0.15, -0.1) is 5.10 Å². The van der Waals surface area contributed by atoms with Gasteiger partial charge in [-0.25, -0.2) is 4.79 Å². The average molecular weight is 353 g/mol. The van der Waals surface area contributed by atoms with Gasteiger partial charge in [0, 0.05) is 23.8 Å². The third kappa shape index (κ3) is 4.64. The summed E-state index contributed by atoms with van der Waals surface area (Å²) in [6, 6.07) is 5.46. The van der Waals surface area contributed by atoms with E-state index in [9.17, 15) is 4.79 Å². The van der Waals surface area contributed by atoms with Crippen LogP contribution in [0.25, 0.3) is 0 Å². The van der Waals surface area contributed by atoms with E-state index in [1.165, 1.54) is 7.11 Å². The minimum Gasteiger partial charge on any atom is -0.465 e. The molecule has 1 heterocycles. The minimum atomic E-state index is -0.331. The Hall–Kier alpha value is -1.73. The molecule has 7 heteroatoms. The molecule has 112 valence electrons. The normalized spacial score (nSPS) is 10.6. The molecule has 0 saturated carbocycles. The van der Waals surface area contributed by atoms with Crippen LogP contribution in [0.3, 0.4) is 0 Å². The molecule has 0 aliphatic carbocycles. The largest absolute Gasteiger partial charge is 0.465 e. The van der Waals surface area contributed by atoms with Crippen molar-refractivity contribution in [3.05, 3.63) is 46.2 Å². The first-order valence-electron chi connectivity index (χ1n) is 6.62. The molecule has 0 radical (unpaired) electrons. The van der Waals surface area contributed by atoms with Crippen LogP contribution in [-0.2, 0) is 17.8 Å². The summed E-state index contributed by atoms with van der Waals surface area (Å²) < 4.78 is 7.40. The molecule has 0 spiro atoms. The van der Waals surface area contributed by atoms with Crippen molar-refractivity contribution < 1.29 is 9.53 Å². The monoisotopic (exact) mass is 352 g/mol. The number of hydrogen-bond donors (Lipinski definition) is 1. The van der Waals surface area contributed by atoms with E-state index in [0.717, 1.165) is 36.1 Å². The van der Waals surface area contributed by atoms with E-state index in [2.05, 4.69) is 31.6 Å². The topological polar surface area (TPSA) is 69.0 Å². The summed E-state index contributed by atoms with van der Waals surface area (Å²) in [4.78, 5) is 11.4. The summed E-state index contributed by atoms with van der Waals surface area (Å²) in [5.74, 6) is -0.331. The number of esters is 1. The number of methoxy groups -OCH3 is 1. The van der Waals surface area contributed by atoms with E-state index in [4.69, 9.17) is 4.74 Å². The lowest BCUT2D eigenvalue weighted by Gasteiger charge is -2.08. The molecular weight excluding hydrogens is 336 g/mol. The Kier molecular flexibility index (Phi) is 5.89. The van der Waals surface area contributed by atoms with Crippen molar-refractivity contribution >= 4 is 21.9 Å². The molecule has 0 amide bonds. The van der Waals surface area contributed by atoms with Crippen LogP contribution in [0.15, 0.2) is 35.1 Å². The van der Waals surface area contributed by atoms with Crippen molar-refractivity contribution in [1.82, 2.24) is 20.3 Å². The number of carbonyl (C=O) groups excluding carboxylic acids is 1. The Bertz CT molecular complexity index is 587. The summed E-state index contributed by atoms with van der Waals surface area (Å²) in [5.41, 5.74) is 1.64. The molecule has 2 aromatic rings. The highest BCUT2D eigenvalue weighted by molar-refractivity contribution is 9.10. The van der Waals surface area contributed by atoms with E-state index in [0.29, 0.717) is 5.56 Å². The number of benzene rings is 1. The second-order valence-corrected chi connectivity index (χ2v) is 5.35. The predicted molar refractivity (Wildman–Crippen MR) is 81.8 cm³/mol. The maximum atomic E-state index is 11.4. The first-order chi connectivity index (χ1) is 10.2. The Labute approximate surface area is 131 Å². The van der Waals surface area contributed by atoms with Crippen molar-refractivity contribution in [1.29, 1.82) is 0 Å². The molecule has 0 unspecified atom stereocenters. The van der Waals surface area contributed by atoms with Gasteiger partial charge in [-0.3, -0.25) is 4.68 Å². The lowest BCUT2D eigenvalue weighted by atomic mass is 10.1. The van der Waals surface area contributed by atoms with Gasteiger partial charge in [-0.1, -0.05) is 27.2 Å². The molecule has 0 bridgehead atoms. The van der Waals surface area contributed by atoms with Crippen LogP contribution < -0.4 is 5.32 Å². The van der Waals surface area contributed by atoms with Crippen LogP contribution in [0.5, 0.6) is 0 Å². The smallest absolute Gasteiger partial charge is 0.337 e. The number of hydrogen-bond acceptors (Lipinski definition) is 5. The molecule has 0 aliphatic rings. The summed E-state index contributed by atoms with van der Waals surface area (Å²) in [6.07, 6.45) is 4.50. The number of nitrogens with zero attached hydrogens (tertiary/aromatic N) is 3. The highest BCUT2D eigenvalue weighted by Crippen LogP contribution is 2.19. The molecule has 1 N–H and O–H groups in total. The minimum absolute atomic E-state index is 0.331. The molecule has 1 aromatic heterocycles. The van der Waals surface area contributed by atoms with Gasteiger partial charge in [0.05, 0.1) is 18.9 Å². The Morgan fingerprint density at radius 2 is 2.33 bits per heavy atom. The van der Waals surface area contributed by atoms with E-state index in [1.807, 2.05) is 16.9 Å². The quantitative estimate of drug-likeness (QED) is 0.609. The van der Waals surface area contributed by atoms with Crippen LogP contribution in [0, 0.1) is 0 Å². The van der Waals surface area contributed by atoms with E-state index >= 15 is 0 Å². The third-order valence-corrected chi connectivity index (χ3v) is 3.74. The average Bonchev–Trinajstić information content (AvgIpc) is 3.00. The second-order valence-electron chi connectivity index (χ2n) is 4.49. The van der Waals surface area contributed by atoms with E-state index in [-0.39, 0.29) is 5.97 Å². The maximum absolute atomic E-state index is 11.4. The molecule has 6 nitrogen and oxygen atoms in total. The molecule has 1 aromatic carbocycles. The molecule has 2 rings (SSSR count). The zero-order valence-electron chi connectivity index (χ0n) is 11.8. The van der Waals surface area contributed by atoms with Gasteiger partial charge in [0.2, 0.25) is 0 Å². The van der Waals surface area contributed by atoms with Crippen LogP contribution in [0.1, 0.15) is 22.3 Å². The third-order valence-electron chi connectivity index (χ3n) is 3.00. The molecule has 0 saturated heterocycles. The van der Waals surface area contributed by atoms with Crippen molar-refractivity contribution in [2.45, 2.75) is 19.5 Å². The highest BCUT2D eigenvalue weighted by Gasteiger charge is 2.08. The van der Waals surface area contributed by atoms with Crippen molar-refractivity contribution in [2.24, 2.45) is 0 Å². The fourth-order valence-corrected chi connectivity index (χ4v) is 2.40. The molecule has 0 atom stereocenters. The zero-order chi connectivity index (χ0) is 15.1. The van der Waals surface area contributed by atoms with Crippen LogP contribution >= 0.6 is 15.9 Å². The van der Waals surface area contributed by atoms with Crippen LogP contribution in [0.2, 0.25) is 0 Å². The number of carbonyl (C=O) groups is 1. The van der Waals surface area contributed by atoms with Gasteiger partial charge in [0.15, 0.2) is 0 Å². The van der Waals surface area contributed by atoms with Gasteiger partial charge < -0.3 is 10.1 Å². The van der Waals surface area contributed by atoms with Gasteiger partial charge >= 0.3 is 5.97 Å².